The van der Waals surface area contributed by atoms with Gasteiger partial charge in [0.1, 0.15) is 21.0 Å². The molecule has 1 fully saturated rings. The van der Waals surface area contributed by atoms with Gasteiger partial charge in [0, 0.05) is 37.6 Å². The number of hydrogen-bond acceptors (Lipinski definition) is 9. The van der Waals surface area contributed by atoms with Crippen LogP contribution in [0.1, 0.15) is 40.0 Å². The number of nitrogens with one attached hydrogen (secondary N) is 1. The van der Waals surface area contributed by atoms with Crippen LogP contribution in [0.2, 0.25) is 0 Å². The molecule has 0 spiro atoms. The molecule has 0 unspecified atom stereocenters. The molecule has 4 heterocycles. The number of carbonyl (C=O) groups is 1. The number of hydrogen-bond donors (Lipinski definition) is 3. The first-order valence-corrected chi connectivity index (χ1v) is 12.2. The molecular weight excluding hydrogens is 438 g/mol. The van der Waals surface area contributed by atoms with Crippen LogP contribution in [0.3, 0.4) is 0 Å². The standard InChI is InChI=1S/C23H29N7O2S/c1-3-32-17-11-30(10-15(17)24)18-7-4-13-8-14(5-6-16(13)29-18)28-22(31)21-19(25)20-23(33-21)27-12(2)9-26-20/h4,7,9,14-15,17H,3,5-6,8,10-11,24-25H2,1-2H3,(H,28,31)/t14-,15-,17-/m0/s1. The number of aryl methyl sites for hydroxylation is 2. The van der Waals surface area contributed by atoms with Crippen LogP contribution in [0.4, 0.5) is 11.5 Å². The first-order chi connectivity index (χ1) is 15.9. The average molecular weight is 468 g/mol. The lowest BCUT2D eigenvalue weighted by molar-refractivity contribution is 0.0680. The summed E-state index contributed by atoms with van der Waals surface area (Å²) in [6.45, 7) is 6.03. The molecule has 3 atom stereocenters. The summed E-state index contributed by atoms with van der Waals surface area (Å²) in [6.07, 6.45) is 4.10. The van der Waals surface area contributed by atoms with E-state index >= 15 is 0 Å². The van der Waals surface area contributed by atoms with Crippen molar-refractivity contribution in [1.82, 2.24) is 20.3 Å². The minimum atomic E-state index is -0.166. The number of rotatable bonds is 5. The number of nitrogens with zero attached hydrogens (tertiary/aromatic N) is 4. The summed E-state index contributed by atoms with van der Waals surface area (Å²) in [5.41, 5.74) is 16.5. The summed E-state index contributed by atoms with van der Waals surface area (Å²) in [5.74, 6) is 0.781. The molecule has 1 saturated heterocycles. The number of pyridine rings is 1. The molecule has 0 bridgehead atoms. The molecule has 3 aromatic rings. The van der Waals surface area contributed by atoms with E-state index in [1.165, 1.54) is 16.9 Å². The van der Waals surface area contributed by atoms with Gasteiger partial charge in [-0.05, 0) is 44.7 Å². The van der Waals surface area contributed by atoms with Gasteiger partial charge in [0.2, 0.25) is 0 Å². The number of carbonyl (C=O) groups excluding carboxylic acids is 1. The number of amides is 1. The molecule has 33 heavy (non-hydrogen) atoms. The van der Waals surface area contributed by atoms with Crippen molar-refractivity contribution in [1.29, 1.82) is 0 Å². The van der Waals surface area contributed by atoms with Crippen molar-refractivity contribution in [2.45, 2.75) is 51.3 Å². The molecule has 0 aromatic carbocycles. The van der Waals surface area contributed by atoms with Gasteiger partial charge in [-0.3, -0.25) is 4.79 Å². The molecule has 0 saturated carbocycles. The lowest BCUT2D eigenvalue weighted by Crippen LogP contribution is -2.39. The minimum Gasteiger partial charge on any atom is -0.396 e. The van der Waals surface area contributed by atoms with E-state index < -0.39 is 0 Å². The maximum absolute atomic E-state index is 13.0. The zero-order valence-electron chi connectivity index (χ0n) is 18.9. The molecule has 1 amide bonds. The number of nitrogens with two attached hydrogens (primary N) is 2. The summed E-state index contributed by atoms with van der Waals surface area (Å²) >= 11 is 1.29. The average Bonchev–Trinajstić information content (AvgIpc) is 3.33. The van der Waals surface area contributed by atoms with Gasteiger partial charge in [-0.15, -0.1) is 11.3 Å². The Labute approximate surface area is 196 Å². The Bertz CT molecular complexity index is 1200. The molecule has 5 N–H and O–H groups in total. The van der Waals surface area contributed by atoms with Gasteiger partial charge in [-0.1, -0.05) is 6.07 Å². The third kappa shape index (κ3) is 4.25. The minimum absolute atomic E-state index is 0.00183. The largest absolute Gasteiger partial charge is 0.396 e. The highest BCUT2D eigenvalue weighted by Gasteiger charge is 2.32. The van der Waals surface area contributed by atoms with Gasteiger partial charge < -0.3 is 26.4 Å². The molecule has 2 aliphatic rings. The van der Waals surface area contributed by atoms with E-state index in [0.29, 0.717) is 27.5 Å². The second kappa shape index (κ2) is 8.85. The van der Waals surface area contributed by atoms with E-state index in [1.54, 1.807) is 6.20 Å². The predicted molar refractivity (Wildman–Crippen MR) is 130 cm³/mol. The summed E-state index contributed by atoms with van der Waals surface area (Å²) in [7, 11) is 0. The highest BCUT2D eigenvalue weighted by molar-refractivity contribution is 7.21. The monoisotopic (exact) mass is 467 g/mol. The van der Waals surface area contributed by atoms with Crippen LogP contribution in [0.25, 0.3) is 10.3 Å². The van der Waals surface area contributed by atoms with Crippen LogP contribution in [0, 0.1) is 6.92 Å². The highest BCUT2D eigenvalue weighted by Crippen LogP contribution is 2.31. The molecule has 174 valence electrons. The van der Waals surface area contributed by atoms with Crippen molar-refractivity contribution in [3.05, 3.63) is 40.2 Å². The van der Waals surface area contributed by atoms with Crippen LogP contribution in [0.5, 0.6) is 0 Å². The highest BCUT2D eigenvalue weighted by atomic mass is 32.1. The fraction of sp³-hybridized carbons (Fsp3) is 0.478. The maximum Gasteiger partial charge on any atom is 0.263 e. The van der Waals surface area contributed by atoms with Crippen LogP contribution >= 0.6 is 11.3 Å². The normalized spacial score (nSPS) is 22.5. The number of nitrogen functional groups attached to an aromatic ring is 1. The van der Waals surface area contributed by atoms with Gasteiger partial charge in [-0.2, -0.15) is 0 Å². The molecule has 1 aliphatic heterocycles. The number of thiophene rings is 1. The van der Waals surface area contributed by atoms with E-state index in [4.69, 9.17) is 21.2 Å². The molecule has 5 rings (SSSR count). The van der Waals surface area contributed by atoms with Gasteiger partial charge >= 0.3 is 0 Å². The van der Waals surface area contributed by atoms with E-state index in [1.807, 2.05) is 19.9 Å². The van der Waals surface area contributed by atoms with E-state index in [0.717, 1.165) is 49.6 Å². The molecule has 10 heteroatoms. The van der Waals surface area contributed by atoms with Crippen LogP contribution in [-0.4, -0.2) is 58.7 Å². The summed E-state index contributed by atoms with van der Waals surface area (Å²) in [4.78, 5) is 30.0. The molecular formula is C23H29N7O2S. The third-order valence-corrected chi connectivity index (χ3v) is 7.45. The Morgan fingerprint density at radius 3 is 3.00 bits per heavy atom. The third-order valence-electron chi connectivity index (χ3n) is 6.36. The quantitative estimate of drug-likeness (QED) is 0.518. The Morgan fingerprint density at radius 1 is 1.33 bits per heavy atom. The van der Waals surface area contributed by atoms with Crippen molar-refractivity contribution < 1.29 is 9.53 Å². The second-order valence-corrected chi connectivity index (χ2v) is 9.76. The maximum atomic E-state index is 13.0. The topological polar surface area (TPSA) is 132 Å². The van der Waals surface area contributed by atoms with Gasteiger partial charge in [0.15, 0.2) is 0 Å². The number of fused-ring (bicyclic) bond motifs is 2. The van der Waals surface area contributed by atoms with E-state index in [9.17, 15) is 4.79 Å². The zero-order chi connectivity index (χ0) is 23.1. The number of anilines is 2. The summed E-state index contributed by atoms with van der Waals surface area (Å²) in [5, 5.41) is 3.15. The zero-order valence-corrected chi connectivity index (χ0v) is 19.7. The van der Waals surface area contributed by atoms with Crippen LogP contribution in [-0.2, 0) is 17.6 Å². The van der Waals surface area contributed by atoms with Crippen LogP contribution in [0.15, 0.2) is 18.3 Å². The number of aromatic nitrogens is 3. The Balaban J connectivity index is 1.26. The molecule has 1 aliphatic carbocycles. The fourth-order valence-corrected chi connectivity index (χ4v) is 5.67. The molecule has 9 nitrogen and oxygen atoms in total. The first-order valence-electron chi connectivity index (χ1n) is 11.4. The lowest BCUT2D eigenvalue weighted by atomic mass is 9.91. The van der Waals surface area contributed by atoms with Crippen molar-refractivity contribution in [2.75, 3.05) is 30.3 Å². The van der Waals surface area contributed by atoms with Gasteiger partial charge in [-0.25, -0.2) is 15.0 Å². The Morgan fingerprint density at radius 2 is 2.18 bits per heavy atom. The summed E-state index contributed by atoms with van der Waals surface area (Å²) in [6, 6.07) is 4.21. The molecule has 0 radical (unpaired) electrons. The SMILES string of the molecule is CCO[C@H]1CN(c2ccc3c(n2)CC[C@H](NC(=O)c2sc4nc(C)cnc4c2N)C3)C[C@@H]1N. The van der Waals surface area contributed by atoms with Crippen molar-refractivity contribution in [3.63, 3.8) is 0 Å². The van der Waals surface area contributed by atoms with Gasteiger partial charge in [0.05, 0.1) is 23.5 Å². The Hall–Kier alpha value is -2.82. The van der Waals surface area contributed by atoms with E-state index in [2.05, 4.69) is 26.3 Å². The van der Waals surface area contributed by atoms with Crippen molar-refractivity contribution >= 4 is 39.1 Å². The van der Waals surface area contributed by atoms with Crippen molar-refractivity contribution in [3.8, 4) is 0 Å². The Kier molecular flexibility index (Phi) is 5.90. The van der Waals surface area contributed by atoms with E-state index in [-0.39, 0.29) is 24.1 Å². The fourth-order valence-electron chi connectivity index (χ4n) is 4.67. The van der Waals surface area contributed by atoms with Gasteiger partial charge in [0.25, 0.3) is 5.91 Å². The lowest BCUT2D eigenvalue weighted by Gasteiger charge is -2.26. The summed E-state index contributed by atoms with van der Waals surface area (Å²) < 4.78 is 5.75. The predicted octanol–water partition coefficient (Wildman–Crippen LogP) is 1.82. The van der Waals surface area contributed by atoms with Crippen molar-refractivity contribution in [2.24, 2.45) is 5.73 Å². The first kappa shape index (κ1) is 22.0. The number of ether oxygens (including phenoxy) is 1. The molecule has 3 aromatic heterocycles. The second-order valence-electron chi connectivity index (χ2n) is 8.76. The van der Waals surface area contributed by atoms with Crippen LogP contribution < -0.4 is 21.7 Å². The smallest absolute Gasteiger partial charge is 0.263 e.